The van der Waals surface area contributed by atoms with Gasteiger partial charge in [-0.2, -0.15) is 0 Å². The van der Waals surface area contributed by atoms with Gasteiger partial charge in [0, 0.05) is 63.2 Å². The molecular formula is C25H29N3O4. The number of hydrogen-bond donors (Lipinski definition) is 1. The van der Waals surface area contributed by atoms with Crippen molar-refractivity contribution in [3.05, 3.63) is 59.3 Å². The molecule has 2 aromatic rings. The predicted molar refractivity (Wildman–Crippen MR) is 126 cm³/mol. The van der Waals surface area contributed by atoms with Crippen LogP contribution in [0.1, 0.15) is 18.9 Å². The van der Waals surface area contributed by atoms with Gasteiger partial charge in [-0.25, -0.2) is 0 Å². The van der Waals surface area contributed by atoms with Crippen LogP contribution in [-0.2, 0) is 16.0 Å². The van der Waals surface area contributed by atoms with Crippen molar-refractivity contribution in [3.63, 3.8) is 0 Å². The number of para-hydroxylation sites is 1. The Kier molecular flexibility index (Phi) is 5.93. The van der Waals surface area contributed by atoms with Crippen molar-refractivity contribution < 1.29 is 19.0 Å². The van der Waals surface area contributed by atoms with Gasteiger partial charge in [-0.1, -0.05) is 18.2 Å². The van der Waals surface area contributed by atoms with Crippen molar-refractivity contribution in [2.75, 3.05) is 45.2 Å². The largest absolute Gasteiger partial charge is 0.497 e. The van der Waals surface area contributed by atoms with Gasteiger partial charge in [-0.15, -0.1) is 0 Å². The van der Waals surface area contributed by atoms with Crippen molar-refractivity contribution in [1.29, 1.82) is 0 Å². The molecule has 0 radical (unpaired) electrons. The van der Waals surface area contributed by atoms with E-state index >= 15 is 0 Å². The first-order valence-corrected chi connectivity index (χ1v) is 10.6. The first-order chi connectivity index (χ1) is 15.5. The van der Waals surface area contributed by atoms with Gasteiger partial charge >= 0.3 is 0 Å². The number of nitrogens with zero attached hydrogens (tertiary/aromatic N) is 2. The molecule has 1 fully saturated rings. The van der Waals surface area contributed by atoms with Gasteiger partial charge < -0.3 is 24.4 Å². The molecule has 168 valence electrons. The number of hydrogen-bond acceptors (Lipinski definition) is 6. The fraction of sp³-hybridized carbons (Fsp3) is 0.360. The monoisotopic (exact) mass is 435 g/mol. The van der Waals surface area contributed by atoms with Crippen molar-refractivity contribution in [2.24, 2.45) is 4.99 Å². The Balaban J connectivity index is 1.89. The Labute approximate surface area is 188 Å². The van der Waals surface area contributed by atoms with E-state index in [4.69, 9.17) is 14.2 Å². The summed E-state index contributed by atoms with van der Waals surface area (Å²) in [6.45, 7) is 2.38. The lowest BCUT2D eigenvalue weighted by molar-refractivity contribution is -0.119. The van der Waals surface area contributed by atoms with E-state index in [1.165, 1.54) is 5.56 Å². The number of ether oxygens (including phenoxy) is 3. The number of benzene rings is 2. The molecule has 1 atom stereocenters. The van der Waals surface area contributed by atoms with Crippen LogP contribution in [0.3, 0.4) is 0 Å². The zero-order chi connectivity index (χ0) is 22.9. The number of allylic oxidation sites excluding steroid dienone is 1. The van der Waals surface area contributed by atoms with Crippen LogP contribution in [0.15, 0.2) is 58.7 Å². The van der Waals surface area contributed by atoms with Crippen molar-refractivity contribution in [3.8, 4) is 11.5 Å². The first-order valence-electron chi connectivity index (χ1n) is 10.6. The SMILES string of the molecule is CN=C1C(=C2Cc3ccccc3N2)C(=O)C(C)(CCOC)N1c1cc(OC)cc(OC)c1. The summed E-state index contributed by atoms with van der Waals surface area (Å²) in [5.74, 6) is 1.93. The third-order valence-electron chi connectivity index (χ3n) is 6.22. The van der Waals surface area contributed by atoms with Gasteiger partial charge in [0.1, 0.15) is 22.9 Å². The molecule has 2 aliphatic heterocycles. The average molecular weight is 436 g/mol. The molecule has 7 heteroatoms. The quantitative estimate of drug-likeness (QED) is 0.695. The number of anilines is 2. The lowest BCUT2D eigenvalue weighted by Crippen LogP contribution is -2.48. The number of amidine groups is 1. The molecule has 0 bridgehead atoms. The van der Waals surface area contributed by atoms with E-state index in [0.717, 1.165) is 17.1 Å². The Bertz CT molecular complexity index is 1060. The van der Waals surface area contributed by atoms with E-state index < -0.39 is 5.54 Å². The molecule has 32 heavy (non-hydrogen) atoms. The minimum Gasteiger partial charge on any atom is -0.497 e. The highest BCUT2D eigenvalue weighted by atomic mass is 16.5. The summed E-state index contributed by atoms with van der Waals surface area (Å²) >= 11 is 0. The van der Waals surface area contributed by atoms with Gasteiger partial charge in [0.2, 0.25) is 0 Å². The fourth-order valence-corrected chi connectivity index (χ4v) is 4.50. The Morgan fingerprint density at radius 2 is 1.78 bits per heavy atom. The summed E-state index contributed by atoms with van der Waals surface area (Å²) in [6, 6.07) is 13.7. The average Bonchev–Trinajstić information content (AvgIpc) is 3.33. The lowest BCUT2D eigenvalue weighted by atomic mass is 9.90. The van der Waals surface area contributed by atoms with E-state index in [1.807, 2.05) is 48.2 Å². The second-order valence-corrected chi connectivity index (χ2v) is 8.11. The molecule has 2 heterocycles. The Hall–Kier alpha value is -3.32. The topological polar surface area (TPSA) is 72.4 Å². The van der Waals surface area contributed by atoms with E-state index in [-0.39, 0.29) is 5.78 Å². The standard InChI is InChI=1S/C25H29N3O4/c1-25(10-11-30-3)23(29)22(21-12-16-8-6-7-9-20(16)27-21)24(26-2)28(25)17-13-18(31-4)15-19(14-17)32-5/h6-9,13-15,27H,10-12H2,1-5H3. The molecular weight excluding hydrogens is 406 g/mol. The van der Waals surface area contributed by atoms with Crippen LogP contribution < -0.4 is 19.7 Å². The smallest absolute Gasteiger partial charge is 0.194 e. The summed E-state index contributed by atoms with van der Waals surface area (Å²) in [5, 5.41) is 3.45. The van der Waals surface area contributed by atoms with Crippen LogP contribution >= 0.6 is 0 Å². The fourth-order valence-electron chi connectivity index (χ4n) is 4.50. The number of rotatable bonds is 6. The summed E-state index contributed by atoms with van der Waals surface area (Å²) in [5.41, 5.74) is 3.58. The van der Waals surface area contributed by atoms with E-state index in [0.29, 0.717) is 42.4 Å². The maximum absolute atomic E-state index is 14.0. The third kappa shape index (κ3) is 3.52. The van der Waals surface area contributed by atoms with Crippen LogP contribution in [-0.4, -0.2) is 52.1 Å². The van der Waals surface area contributed by atoms with Crippen molar-refractivity contribution in [2.45, 2.75) is 25.3 Å². The molecule has 0 amide bonds. The number of nitrogens with one attached hydrogen (secondary N) is 1. The highest BCUT2D eigenvalue weighted by Gasteiger charge is 2.53. The highest BCUT2D eigenvalue weighted by molar-refractivity contribution is 6.37. The first kappa shape index (κ1) is 21.9. The number of methoxy groups -OCH3 is 3. The minimum atomic E-state index is -0.874. The van der Waals surface area contributed by atoms with Gasteiger partial charge in [-0.05, 0) is 18.6 Å². The molecule has 1 N–H and O–H groups in total. The molecule has 1 saturated heterocycles. The van der Waals surface area contributed by atoms with Crippen LogP contribution in [0.5, 0.6) is 11.5 Å². The number of carbonyl (C=O) groups is 1. The van der Waals surface area contributed by atoms with Crippen LogP contribution in [0, 0.1) is 0 Å². The zero-order valence-corrected chi connectivity index (χ0v) is 19.2. The maximum atomic E-state index is 14.0. The Morgan fingerprint density at radius 3 is 2.38 bits per heavy atom. The molecule has 0 aliphatic carbocycles. The normalized spacial score (nSPS) is 23.5. The molecule has 4 rings (SSSR count). The highest BCUT2D eigenvalue weighted by Crippen LogP contribution is 2.43. The summed E-state index contributed by atoms with van der Waals surface area (Å²) in [4.78, 5) is 20.6. The number of fused-ring (bicyclic) bond motifs is 1. The number of Topliss-reactive ketones (excluding diaryl/α,β-unsaturated/α-hetero) is 1. The summed E-state index contributed by atoms with van der Waals surface area (Å²) in [7, 11) is 6.59. The molecule has 0 saturated carbocycles. The van der Waals surface area contributed by atoms with Gasteiger partial charge in [0.25, 0.3) is 0 Å². The molecule has 0 aromatic heterocycles. The molecule has 1 unspecified atom stereocenters. The maximum Gasteiger partial charge on any atom is 0.194 e. The number of ketones is 1. The third-order valence-corrected chi connectivity index (χ3v) is 6.22. The van der Waals surface area contributed by atoms with Crippen LogP contribution in [0.2, 0.25) is 0 Å². The van der Waals surface area contributed by atoms with Crippen LogP contribution in [0.25, 0.3) is 0 Å². The van der Waals surface area contributed by atoms with E-state index in [9.17, 15) is 4.79 Å². The second-order valence-electron chi connectivity index (χ2n) is 8.11. The lowest BCUT2D eigenvalue weighted by Gasteiger charge is -2.35. The number of aliphatic imine (C=N–C) groups is 1. The molecule has 7 nitrogen and oxygen atoms in total. The van der Waals surface area contributed by atoms with Crippen molar-refractivity contribution in [1.82, 2.24) is 0 Å². The predicted octanol–water partition coefficient (Wildman–Crippen LogP) is 3.84. The molecule has 2 aromatic carbocycles. The Morgan fingerprint density at radius 1 is 1.09 bits per heavy atom. The second kappa shape index (κ2) is 8.67. The summed E-state index contributed by atoms with van der Waals surface area (Å²) < 4.78 is 16.4. The molecule has 0 spiro atoms. The molecule has 2 aliphatic rings. The van der Waals surface area contributed by atoms with Crippen molar-refractivity contribution >= 4 is 23.0 Å². The summed E-state index contributed by atoms with van der Waals surface area (Å²) in [6.07, 6.45) is 1.16. The number of carbonyl (C=O) groups excluding carboxylic acids is 1. The van der Waals surface area contributed by atoms with E-state index in [2.05, 4.69) is 16.4 Å². The zero-order valence-electron chi connectivity index (χ0n) is 19.2. The minimum absolute atomic E-state index is 0.0206. The van der Waals surface area contributed by atoms with Gasteiger partial charge in [-0.3, -0.25) is 9.79 Å². The van der Waals surface area contributed by atoms with Crippen LogP contribution in [0.4, 0.5) is 11.4 Å². The van der Waals surface area contributed by atoms with Gasteiger partial charge in [0.15, 0.2) is 5.78 Å². The van der Waals surface area contributed by atoms with Gasteiger partial charge in [0.05, 0.1) is 25.5 Å². The van der Waals surface area contributed by atoms with E-state index in [1.54, 1.807) is 28.4 Å².